The van der Waals surface area contributed by atoms with E-state index in [4.69, 9.17) is 9.47 Å². The summed E-state index contributed by atoms with van der Waals surface area (Å²) < 4.78 is 12.7. The monoisotopic (exact) mass is 522 g/mol. The van der Waals surface area contributed by atoms with Crippen molar-refractivity contribution in [1.29, 1.82) is 0 Å². The van der Waals surface area contributed by atoms with Crippen LogP contribution in [0.15, 0.2) is 22.7 Å². The van der Waals surface area contributed by atoms with E-state index in [0.29, 0.717) is 36.8 Å². The molecule has 1 aliphatic heterocycles. The molecule has 3 rings (SSSR count). The Morgan fingerprint density at radius 1 is 1.00 bits per heavy atom. The molecule has 2 aromatic rings. The van der Waals surface area contributed by atoms with Gasteiger partial charge in [-0.2, -0.15) is 9.78 Å². The van der Waals surface area contributed by atoms with Crippen molar-refractivity contribution in [2.24, 2.45) is 0 Å². The number of benzene rings is 1. The average Bonchev–Trinajstić information content (AvgIpc) is 3.04. The quantitative estimate of drug-likeness (QED) is 0.612. The molecule has 0 bridgehead atoms. The zero-order chi connectivity index (χ0) is 24.6. The molecule has 0 saturated carbocycles. The molecule has 0 atom stereocenters. The fourth-order valence-electron chi connectivity index (χ4n) is 3.49. The number of ether oxygens (including phenoxy) is 2. The first-order chi connectivity index (χ1) is 15.2. The Bertz CT molecular complexity index is 1060. The van der Waals surface area contributed by atoms with Crippen LogP contribution in [0.2, 0.25) is 0 Å². The summed E-state index contributed by atoms with van der Waals surface area (Å²) in [5, 5.41) is 7.82. The van der Waals surface area contributed by atoms with E-state index < -0.39 is 17.3 Å². The van der Waals surface area contributed by atoms with Crippen molar-refractivity contribution in [3.05, 3.63) is 28.4 Å². The van der Waals surface area contributed by atoms with E-state index in [1.807, 2.05) is 20.8 Å². The van der Waals surface area contributed by atoms with E-state index in [1.54, 1.807) is 43.9 Å². The lowest BCUT2D eigenvalue weighted by Gasteiger charge is -2.33. The molecule has 2 heterocycles. The molecule has 0 spiro atoms. The molecular formula is C23H31BrN4O5. The number of piperidine rings is 1. The van der Waals surface area contributed by atoms with Crippen LogP contribution in [0.4, 0.5) is 9.59 Å². The largest absolute Gasteiger partial charge is 0.444 e. The topological polar surface area (TPSA) is 103 Å². The number of nitrogens with one attached hydrogen (secondary N) is 1. The summed E-state index contributed by atoms with van der Waals surface area (Å²) in [6.07, 6.45) is 0.192. The highest BCUT2D eigenvalue weighted by Gasteiger charge is 2.29. The van der Waals surface area contributed by atoms with Gasteiger partial charge in [-0.15, -0.1) is 0 Å². The van der Waals surface area contributed by atoms with Crippen LogP contribution in [-0.4, -0.2) is 63.1 Å². The Labute approximate surface area is 201 Å². The lowest BCUT2D eigenvalue weighted by molar-refractivity contribution is 0.0199. The number of aromatic nitrogens is 2. The number of hydrogen-bond donors (Lipinski definition) is 1. The van der Waals surface area contributed by atoms with Gasteiger partial charge in [-0.05, 0) is 72.6 Å². The zero-order valence-corrected chi connectivity index (χ0v) is 21.5. The summed E-state index contributed by atoms with van der Waals surface area (Å²) in [4.78, 5) is 39.7. The van der Waals surface area contributed by atoms with Gasteiger partial charge in [0, 0.05) is 29.0 Å². The SMILES string of the molecule is CC(C)(C)OC(=O)N1CCC(NC(=O)c2nn(C(=O)OC(C)(C)C)c3ccc(Br)cc23)CC1. The van der Waals surface area contributed by atoms with Crippen molar-refractivity contribution in [2.75, 3.05) is 13.1 Å². The van der Waals surface area contributed by atoms with Gasteiger partial charge in [0.15, 0.2) is 5.69 Å². The highest BCUT2D eigenvalue weighted by atomic mass is 79.9. The Kier molecular flexibility index (Phi) is 7.07. The van der Waals surface area contributed by atoms with E-state index >= 15 is 0 Å². The molecule has 0 aliphatic carbocycles. The van der Waals surface area contributed by atoms with Gasteiger partial charge in [0.1, 0.15) is 11.2 Å². The second-order valence-electron chi connectivity index (χ2n) is 10.1. The van der Waals surface area contributed by atoms with Crippen molar-refractivity contribution in [3.8, 4) is 0 Å². The number of halogens is 1. The molecule has 33 heavy (non-hydrogen) atoms. The third-order valence-corrected chi connectivity index (χ3v) is 5.40. The highest BCUT2D eigenvalue weighted by molar-refractivity contribution is 9.10. The Balaban J connectivity index is 1.73. The second-order valence-corrected chi connectivity index (χ2v) is 11.0. The second kappa shape index (κ2) is 9.32. The van der Waals surface area contributed by atoms with E-state index in [2.05, 4.69) is 26.3 Å². The predicted octanol–water partition coefficient (Wildman–Crippen LogP) is 4.71. The lowest BCUT2D eigenvalue weighted by atomic mass is 10.0. The molecule has 2 amide bonds. The summed E-state index contributed by atoms with van der Waals surface area (Å²) in [6.45, 7) is 11.8. The Hall–Kier alpha value is -2.62. The summed E-state index contributed by atoms with van der Waals surface area (Å²) >= 11 is 3.42. The molecule has 180 valence electrons. The van der Waals surface area contributed by atoms with Gasteiger partial charge in [0.2, 0.25) is 0 Å². The van der Waals surface area contributed by atoms with E-state index in [-0.39, 0.29) is 23.7 Å². The Morgan fingerprint density at radius 2 is 1.58 bits per heavy atom. The molecule has 1 aliphatic rings. The first kappa shape index (κ1) is 25.0. The maximum Gasteiger partial charge on any atom is 0.435 e. The van der Waals surface area contributed by atoms with E-state index in [1.165, 1.54) is 0 Å². The van der Waals surface area contributed by atoms with Crippen molar-refractivity contribution in [2.45, 2.75) is 71.6 Å². The number of fused-ring (bicyclic) bond motifs is 1. The maximum absolute atomic E-state index is 13.1. The van der Waals surface area contributed by atoms with Crippen LogP contribution in [0.5, 0.6) is 0 Å². The molecule has 1 aromatic heterocycles. The number of hydrogen-bond acceptors (Lipinski definition) is 6. The number of amides is 2. The predicted molar refractivity (Wildman–Crippen MR) is 127 cm³/mol. The van der Waals surface area contributed by atoms with E-state index in [0.717, 1.165) is 9.15 Å². The minimum atomic E-state index is -0.699. The summed E-state index contributed by atoms with van der Waals surface area (Å²) in [5.41, 5.74) is -0.622. The summed E-state index contributed by atoms with van der Waals surface area (Å²) in [7, 11) is 0. The molecule has 10 heteroatoms. The third-order valence-electron chi connectivity index (χ3n) is 4.91. The average molecular weight is 523 g/mol. The Morgan fingerprint density at radius 3 is 2.15 bits per heavy atom. The number of likely N-dealkylation sites (tertiary alicyclic amines) is 1. The third kappa shape index (κ3) is 6.46. The fourth-order valence-corrected chi connectivity index (χ4v) is 3.85. The van der Waals surface area contributed by atoms with Crippen LogP contribution in [0.25, 0.3) is 10.9 Å². The number of carbonyl (C=O) groups is 3. The highest BCUT2D eigenvalue weighted by Crippen LogP contribution is 2.25. The zero-order valence-electron chi connectivity index (χ0n) is 19.9. The van der Waals surface area contributed by atoms with Crippen LogP contribution in [-0.2, 0) is 9.47 Å². The van der Waals surface area contributed by atoms with Crippen LogP contribution < -0.4 is 5.32 Å². The summed E-state index contributed by atoms with van der Waals surface area (Å²) in [6, 6.07) is 5.12. The molecule has 1 fully saturated rings. The normalized spacial score (nSPS) is 15.4. The van der Waals surface area contributed by atoms with Crippen LogP contribution in [0.1, 0.15) is 64.9 Å². The van der Waals surface area contributed by atoms with Crippen LogP contribution in [0.3, 0.4) is 0 Å². The summed E-state index contributed by atoms with van der Waals surface area (Å²) in [5.74, 6) is -0.379. The van der Waals surface area contributed by atoms with E-state index in [9.17, 15) is 14.4 Å². The number of nitrogens with zero attached hydrogens (tertiary/aromatic N) is 3. The van der Waals surface area contributed by atoms with Crippen LogP contribution >= 0.6 is 15.9 Å². The van der Waals surface area contributed by atoms with Gasteiger partial charge in [-0.1, -0.05) is 15.9 Å². The molecule has 1 saturated heterocycles. The minimum absolute atomic E-state index is 0.120. The minimum Gasteiger partial charge on any atom is -0.444 e. The standard InChI is InChI=1S/C23H31BrN4O5/c1-22(2,3)32-20(30)27-11-9-15(10-12-27)25-19(29)18-16-13-14(24)7-8-17(16)28(26-18)21(31)33-23(4,5)6/h7-8,13,15H,9-12H2,1-6H3,(H,25,29). The molecule has 0 radical (unpaired) electrons. The van der Waals surface area contributed by atoms with Gasteiger partial charge >= 0.3 is 12.2 Å². The first-order valence-corrected chi connectivity index (χ1v) is 11.7. The lowest BCUT2D eigenvalue weighted by Crippen LogP contribution is -2.47. The smallest absolute Gasteiger partial charge is 0.435 e. The molecule has 0 unspecified atom stereocenters. The first-order valence-electron chi connectivity index (χ1n) is 10.9. The number of rotatable bonds is 2. The fraction of sp³-hybridized carbons (Fsp3) is 0.565. The number of carbonyl (C=O) groups excluding carboxylic acids is 3. The van der Waals surface area contributed by atoms with Crippen molar-refractivity contribution < 1.29 is 23.9 Å². The van der Waals surface area contributed by atoms with Gasteiger partial charge in [0.05, 0.1) is 5.52 Å². The van der Waals surface area contributed by atoms with Gasteiger partial charge in [-0.25, -0.2) is 9.59 Å². The van der Waals surface area contributed by atoms with Crippen molar-refractivity contribution in [1.82, 2.24) is 20.0 Å². The molecule has 9 nitrogen and oxygen atoms in total. The van der Waals surface area contributed by atoms with Crippen LogP contribution in [0, 0.1) is 0 Å². The molecular weight excluding hydrogens is 492 g/mol. The maximum atomic E-state index is 13.1. The molecule has 1 N–H and O–H groups in total. The van der Waals surface area contributed by atoms with Gasteiger partial charge in [-0.3, -0.25) is 4.79 Å². The van der Waals surface area contributed by atoms with Crippen molar-refractivity contribution >= 4 is 44.9 Å². The molecule has 1 aromatic carbocycles. The van der Waals surface area contributed by atoms with Gasteiger partial charge in [0.25, 0.3) is 5.91 Å². The van der Waals surface area contributed by atoms with Crippen molar-refractivity contribution in [3.63, 3.8) is 0 Å². The van der Waals surface area contributed by atoms with Gasteiger partial charge < -0.3 is 19.7 Å².